The number of ether oxygens (including phenoxy) is 1. The number of piperidine rings is 1. The maximum atomic E-state index is 11.4. The van der Waals surface area contributed by atoms with Crippen LogP contribution in [0.4, 0.5) is 0 Å². The second kappa shape index (κ2) is 5.77. The number of esters is 1. The SMILES string of the molecule is COC(=O)C1CCN(Cc2ccncc2)CC1. The minimum atomic E-state index is -0.0615. The van der Waals surface area contributed by atoms with Crippen molar-refractivity contribution in [3.8, 4) is 0 Å². The molecule has 1 aromatic heterocycles. The van der Waals surface area contributed by atoms with Gasteiger partial charge in [0.05, 0.1) is 13.0 Å². The van der Waals surface area contributed by atoms with Crippen LogP contribution < -0.4 is 0 Å². The number of rotatable bonds is 3. The van der Waals surface area contributed by atoms with Crippen LogP contribution in [0.2, 0.25) is 0 Å². The summed E-state index contributed by atoms with van der Waals surface area (Å²) in [5.74, 6) is 0.0299. The minimum absolute atomic E-state index is 0.0615. The summed E-state index contributed by atoms with van der Waals surface area (Å²) in [6.45, 7) is 2.86. The Labute approximate surface area is 102 Å². The Balaban J connectivity index is 1.82. The van der Waals surface area contributed by atoms with Crippen molar-refractivity contribution in [3.05, 3.63) is 30.1 Å². The first-order valence-corrected chi connectivity index (χ1v) is 5.98. The van der Waals surface area contributed by atoms with Crippen molar-refractivity contribution in [2.24, 2.45) is 5.92 Å². The van der Waals surface area contributed by atoms with Gasteiger partial charge in [-0.1, -0.05) is 0 Å². The maximum absolute atomic E-state index is 11.4. The molecule has 1 aromatic rings. The molecule has 1 aliphatic heterocycles. The van der Waals surface area contributed by atoms with Crippen LogP contribution in [0.1, 0.15) is 18.4 Å². The summed E-state index contributed by atoms with van der Waals surface area (Å²) in [4.78, 5) is 17.8. The number of carbonyl (C=O) groups excluding carboxylic acids is 1. The Morgan fingerprint density at radius 2 is 2.06 bits per heavy atom. The van der Waals surface area contributed by atoms with Gasteiger partial charge in [-0.2, -0.15) is 0 Å². The highest BCUT2D eigenvalue weighted by atomic mass is 16.5. The summed E-state index contributed by atoms with van der Waals surface area (Å²) in [5, 5.41) is 0. The lowest BCUT2D eigenvalue weighted by atomic mass is 9.97. The largest absolute Gasteiger partial charge is 0.469 e. The normalized spacial score (nSPS) is 17.9. The van der Waals surface area contributed by atoms with Gasteiger partial charge in [0.15, 0.2) is 0 Å². The van der Waals surface area contributed by atoms with Gasteiger partial charge < -0.3 is 4.74 Å². The molecular formula is C13H18N2O2. The lowest BCUT2D eigenvalue weighted by molar-refractivity contribution is -0.147. The predicted octanol–water partition coefficient (Wildman–Crippen LogP) is 1.47. The van der Waals surface area contributed by atoms with Gasteiger partial charge in [-0.25, -0.2) is 0 Å². The van der Waals surface area contributed by atoms with E-state index in [0.29, 0.717) is 0 Å². The van der Waals surface area contributed by atoms with Crippen LogP contribution in [0.5, 0.6) is 0 Å². The van der Waals surface area contributed by atoms with Gasteiger partial charge in [-0.3, -0.25) is 14.7 Å². The third kappa shape index (κ3) is 3.27. The molecule has 0 aromatic carbocycles. The molecule has 0 bridgehead atoms. The highest BCUT2D eigenvalue weighted by molar-refractivity contribution is 5.72. The molecule has 0 saturated carbocycles. The monoisotopic (exact) mass is 234 g/mol. The molecule has 0 aliphatic carbocycles. The van der Waals surface area contributed by atoms with E-state index in [1.807, 2.05) is 24.5 Å². The van der Waals surface area contributed by atoms with E-state index < -0.39 is 0 Å². The van der Waals surface area contributed by atoms with Gasteiger partial charge in [-0.15, -0.1) is 0 Å². The molecule has 1 aliphatic rings. The van der Waals surface area contributed by atoms with Gasteiger partial charge in [0.25, 0.3) is 0 Å². The van der Waals surface area contributed by atoms with E-state index in [9.17, 15) is 4.79 Å². The number of pyridine rings is 1. The van der Waals surface area contributed by atoms with Crippen LogP contribution in [-0.4, -0.2) is 36.1 Å². The molecule has 4 heteroatoms. The van der Waals surface area contributed by atoms with Crippen LogP contribution in [0.15, 0.2) is 24.5 Å². The fourth-order valence-electron chi connectivity index (χ4n) is 2.24. The highest BCUT2D eigenvalue weighted by Gasteiger charge is 2.25. The van der Waals surface area contributed by atoms with Crippen LogP contribution in [0.25, 0.3) is 0 Å². The fourth-order valence-corrected chi connectivity index (χ4v) is 2.24. The van der Waals surface area contributed by atoms with E-state index in [1.54, 1.807) is 0 Å². The summed E-state index contributed by atoms with van der Waals surface area (Å²) in [7, 11) is 1.46. The van der Waals surface area contributed by atoms with Gasteiger partial charge in [0, 0.05) is 18.9 Å². The van der Waals surface area contributed by atoms with E-state index in [1.165, 1.54) is 12.7 Å². The standard InChI is InChI=1S/C13H18N2O2/c1-17-13(16)12-4-8-15(9-5-12)10-11-2-6-14-7-3-11/h2-3,6-7,12H,4-5,8-10H2,1H3. The lowest BCUT2D eigenvalue weighted by Crippen LogP contribution is -2.36. The fraction of sp³-hybridized carbons (Fsp3) is 0.538. The molecule has 1 fully saturated rings. The molecule has 0 radical (unpaired) electrons. The summed E-state index contributed by atoms with van der Waals surface area (Å²) in [5.41, 5.74) is 1.27. The first kappa shape index (κ1) is 12.0. The molecule has 0 N–H and O–H groups in total. The number of likely N-dealkylation sites (tertiary alicyclic amines) is 1. The van der Waals surface area contributed by atoms with Crippen molar-refractivity contribution in [2.75, 3.05) is 20.2 Å². The van der Waals surface area contributed by atoms with E-state index in [4.69, 9.17) is 4.74 Å². The quantitative estimate of drug-likeness (QED) is 0.743. The predicted molar refractivity (Wildman–Crippen MR) is 64.3 cm³/mol. The molecular weight excluding hydrogens is 216 g/mol. The number of methoxy groups -OCH3 is 1. The van der Waals surface area contributed by atoms with Gasteiger partial charge >= 0.3 is 5.97 Å². The first-order chi connectivity index (χ1) is 8.29. The van der Waals surface area contributed by atoms with Gasteiger partial charge in [-0.05, 0) is 43.6 Å². The zero-order valence-corrected chi connectivity index (χ0v) is 10.1. The zero-order valence-electron chi connectivity index (χ0n) is 10.1. The van der Waals surface area contributed by atoms with E-state index in [2.05, 4.69) is 9.88 Å². The molecule has 0 amide bonds. The summed E-state index contributed by atoms with van der Waals surface area (Å²) < 4.78 is 4.78. The summed E-state index contributed by atoms with van der Waals surface area (Å²) in [6.07, 6.45) is 5.43. The van der Waals surface area contributed by atoms with E-state index in [0.717, 1.165) is 32.5 Å². The van der Waals surface area contributed by atoms with Crippen LogP contribution >= 0.6 is 0 Å². The van der Waals surface area contributed by atoms with Crippen molar-refractivity contribution in [2.45, 2.75) is 19.4 Å². The Morgan fingerprint density at radius 3 is 2.65 bits per heavy atom. The average molecular weight is 234 g/mol. The van der Waals surface area contributed by atoms with Crippen molar-refractivity contribution >= 4 is 5.97 Å². The molecule has 0 unspecified atom stereocenters. The Bertz CT molecular complexity index is 359. The van der Waals surface area contributed by atoms with Crippen molar-refractivity contribution < 1.29 is 9.53 Å². The van der Waals surface area contributed by atoms with Crippen LogP contribution in [-0.2, 0) is 16.1 Å². The highest BCUT2D eigenvalue weighted by Crippen LogP contribution is 2.19. The zero-order chi connectivity index (χ0) is 12.1. The van der Waals surface area contributed by atoms with Crippen molar-refractivity contribution in [1.82, 2.24) is 9.88 Å². The molecule has 0 atom stereocenters. The molecule has 17 heavy (non-hydrogen) atoms. The number of hydrogen-bond acceptors (Lipinski definition) is 4. The Hall–Kier alpha value is -1.42. The number of aromatic nitrogens is 1. The number of hydrogen-bond donors (Lipinski definition) is 0. The molecule has 2 rings (SSSR count). The van der Waals surface area contributed by atoms with E-state index in [-0.39, 0.29) is 11.9 Å². The molecule has 92 valence electrons. The number of carbonyl (C=O) groups is 1. The average Bonchev–Trinajstić information content (AvgIpc) is 2.40. The smallest absolute Gasteiger partial charge is 0.308 e. The van der Waals surface area contributed by atoms with Gasteiger partial charge in [0.1, 0.15) is 0 Å². The second-order valence-corrected chi connectivity index (χ2v) is 4.43. The summed E-state index contributed by atoms with van der Waals surface area (Å²) >= 11 is 0. The molecule has 2 heterocycles. The third-order valence-corrected chi connectivity index (χ3v) is 3.28. The Kier molecular flexibility index (Phi) is 4.09. The Morgan fingerprint density at radius 1 is 1.41 bits per heavy atom. The molecule has 1 saturated heterocycles. The number of nitrogens with zero attached hydrogens (tertiary/aromatic N) is 2. The van der Waals surface area contributed by atoms with Crippen molar-refractivity contribution in [1.29, 1.82) is 0 Å². The molecule has 0 spiro atoms. The lowest BCUT2D eigenvalue weighted by Gasteiger charge is -2.30. The van der Waals surface area contributed by atoms with Crippen molar-refractivity contribution in [3.63, 3.8) is 0 Å². The maximum Gasteiger partial charge on any atom is 0.308 e. The third-order valence-electron chi connectivity index (χ3n) is 3.28. The van der Waals surface area contributed by atoms with Crippen LogP contribution in [0, 0.1) is 5.92 Å². The first-order valence-electron chi connectivity index (χ1n) is 5.98. The molecule has 4 nitrogen and oxygen atoms in total. The van der Waals surface area contributed by atoms with E-state index >= 15 is 0 Å². The van der Waals surface area contributed by atoms with Crippen LogP contribution in [0.3, 0.4) is 0 Å². The summed E-state index contributed by atoms with van der Waals surface area (Å²) in [6, 6.07) is 4.07. The topological polar surface area (TPSA) is 42.4 Å². The second-order valence-electron chi connectivity index (χ2n) is 4.43. The van der Waals surface area contributed by atoms with Gasteiger partial charge in [0.2, 0.25) is 0 Å². The minimum Gasteiger partial charge on any atom is -0.469 e.